The van der Waals surface area contributed by atoms with E-state index in [-0.39, 0.29) is 18.8 Å². The molecular formula is C24H18F2N2O5. The van der Waals surface area contributed by atoms with Crippen LogP contribution in [0.15, 0.2) is 71.1 Å². The van der Waals surface area contributed by atoms with E-state index in [0.29, 0.717) is 33.7 Å². The molecule has 3 aromatic carbocycles. The minimum absolute atomic E-state index is 0.0260. The predicted octanol–water partition coefficient (Wildman–Crippen LogP) is 4.70. The fraction of sp³-hybridized carbons (Fsp3) is 0.125. The Hall–Kier alpha value is -4.27. The molecule has 0 fully saturated rings. The van der Waals surface area contributed by atoms with Gasteiger partial charge in [-0.1, -0.05) is 18.2 Å². The minimum atomic E-state index is -1.24. The van der Waals surface area contributed by atoms with Crippen LogP contribution < -0.4 is 5.32 Å². The van der Waals surface area contributed by atoms with Crippen LogP contribution in [0.25, 0.3) is 22.6 Å². The summed E-state index contributed by atoms with van der Waals surface area (Å²) >= 11 is 0. The summed E-state index contributed by atoms with van der Waals surface area (Å²) in [5.74, 6) is -1.72. The Morgan fingerprint density at radius 2 is 1.61 bits per heavy atom. The number of carboxylic acids is 1. The molecule has 9 heteroatoms. The van der Waals surface area contributed by atoms with E-state index in [9.17, 15) is 23.5 Å². The highest BCUT2D eigenvalue weighted by Crippen LogP contribution is 2.25. The number of oxazole rings is 1. The number of nitrogens with one attached hydrogen (secondary N) is 1. The van der Waals surface area contributed by atoms with Gasteiger partial charge in [0.05, 0.1) is 0 Å². The summed E-state index contributed by atoms with van der Waals surface area (Å²) in [4.78, 5) is 28.0. The van der Waals surface area contributed by atoms with E-state index in [2.05, 4.69) is 10.3 Å². The average molecular weight is 452 g/mol. The number of carbonyl (C=O) groups excluding carboxylic acids is 1. The molecule has 4 aromatic rings. The summed E-state index contributed by atoms with van der Waals surface area (Å²) < 4.78 is 37.0. The molecule has 1 atom stereocenters. The van der Waals surface area contributed by atoms with Gasteiger partial charge in [-0.3, -0.25) is 0 Å². The predicted molar refractivity (Wildman–Crippen MR) is 114 cm³/mol. The van der Waals surface area contributed by atoms with Gasteiger partial charge in [0.1, 0.15) is 29.8 Å². The Balaban J connectivity index is 1.38. The standard InChI is InChI=1S/C24H18F2N2O5/c25-17-6-1-14(2-7-17)11-20(23(29)30)28-24(31)32-13-15-3-10-21-19(12-15)27-22(33-21)16-4-8-18(26)9-5-16/h1-10,12,20H,11,13H2,(H,28,31)(H,29,30). The number of benzene rings is 3. The topological polar surface area (TPSA) is 102 Å². The van der Waals surface area contributed by atoms with E-state index < -0.39 is 23.9 Å². The second-order valence-corrected chi connectivity index (χ2v) is 7.27. The van der Waals surface area contributed by atoms with Crippen LogP contribution >= 0.6 is 0 Å². The van der Waals surface area contributed by atoms with Crippen molar-refractivity contribution in [3.63, 3.8) is 0 Å². The van der Waals surface area contributed by atoms with Gasteiger partial charge in [0, 0.05) is 12.0 Å². The second kappa shape index (κ2) is 9.47. The number of ether oxygens (including phenoxy) is 1. The molecule has 1 unspecified atom stereocenters. The number of aromatic nitrogens is 1. The summed E-state index contributed by atoms with van der Waals surface area (Å²) in [6.45, 7) is -0.122. The van der Waals surface area contributed by atoms with E-state index in [1.165, 1.54) is 36.4 Å². The van der Waals surface area contributed by atoms with Gasteiger partial charge in [0.2, 0.25) is 5.89 Å². The summed E-state index contributed by atoms with van der Waals surface area (Å²) in [7, 11) is 0. The highest BCUT2D eigenvalue weighted by Gasteiger charge is 2.21. The van der Waals surface area contributed by atoms with Gasteiger partial charge in [-0.25, -0.2) is 23.4 Å². The minimum Gasteiger partial charge on any atom is -0.480 e. The smallest absolute Gasteiger partial charge is 0.408 e. The van der Waals surface area contributed by atoms with Crippen LogP contribution in [-0.2, 0) is 22.6 Å². The number of hydrogen-bond donors (Lipinski definition) is 2. The average Bonchev–Trinajstić information content (AvgIpc) is 3.22. The van der Waals surface area contributed by atoms with Gasteiger partial charge in [-0.15, -0.1) is 0 Å². The van der Waals surface area contributed by atoms with Crippen molar-refractivity contribution in [2.24, 2.45) is 0 Å². The number of amides is 1. The lowest BCUT2D eigenvalue weighted by atomic mass is 10.1. The fourth-order valence-corrected chi connectivity index (χ4v) is 3.17. The molecule has 0 aliphatic heterocycles. The Kier molecular flexibility index (Phi) is 6.30. The molecule has 1 amide bonds. The SMILES string of the molecule is O=C(NC(Cc1ccc(F)cc1)C(=O)O)OCc1ccc2oc(-c3ccc(F)cc3)nc2c1. The summed E-state index contributed by atoms with van der Waals surface area (Å²) in [5, 5.41) is 11.7. The molecule has 0 saturated heterocycles. The monoisotopic (exact) mass is 452 g/mol. The van der Waals surface area contributed by atoms with Crippen molar-refractivity contribution in [3.8, 4) is 11.5 Å². The molecule has 0 radical (unpaired) electrons. The molecule has 0 spiro atoms. The molecule has 0 bridgehead atoms. The number of alkyl carbamates (subject to hydrolysis) is 1. The van der Waals surface area contributed by atoms with Crippen molar-refractivity contribution in [3.05, 3.63) is 89.5 Å². The van der Waals surface area contributed by atoms with Crippen LogP contribution in [0, 0.1) is 11.6 Å². The maximum Gasteiger partial charge on any atom is 0.408 e. The maximum atomic E-state index is 13.1. The number of rotatable bonds is 7. The van der Waals surface area contributed by atoms with Crippen LogP contribution in [0.2, 0.25) is 0 Å². The number of halogens is 2. The highest BCUT2D eigenvalue weighted by molar-refractivity contribution is 5.80. The molecule has 7 nitrogen and oxygen atoms in total. The first-order valence-corrected chi connectivity index (χ1v) is 9.93. The van der Waals surface area contributed by atoms with Crippen molar-refractivity contribution in [2.45, 2.75) is 19.1 Å². The Morgan fingerprint density at radius 3 is 2.27 bits per heavy atom. The van der Waals surface area contributed by atoms with Gasteiger partial charge in [-0.05, 0) is 59.7 Å². The van der Waals surface area contributed by atoms with Crippen LogP contribution in [0.3, 0.4) is 0 Å². The van der Waals surface area contributed by atoms with E-state index in [1.54, 1.807) is 30.3 Å². The first-order chi connectivity index (χ1) is 15.9. The third-order valence-electron chi connectivity index (χ3n) is 4.86. The van der Waals surface area contributed by atoms with Crippen LogP contribution in [-0.4, -0.2) is 28.2 Å². The fourth-order valence-electron chi connectivity index (χ4n) is 3.17. The largest absolute Gasteiger partial charge is 0.480 e. The molecule has 33 heavy (non-hydrogen) atoms. The highest BCUT2D eigenvalue weighted by atomic mass is 19.1. The lowest BCUT2D eigenvalue weighted by Gasteiger charge is -2.14. The molecule has 0 aliphatic carbocycles. The maximum absolute atomic E-state index is 13.1. The molecule has 1 aromatic heterocycles. The normalized spacial score (nSPS) is 11.8. The van der Waals surface area contributed by atoms with E-state index in [0.717, 1.165) is 0 Å². The van der Waals surface area contributed by atoms with Gasteiger partial charge in [-0.2, -0.15) is 0 Å². The number of nitrogens with zero attached hydrogens (tertiary/aromatic N) is 1. The first kappa shape index (κ1) is 21.9. The van der Waals surface area contributed by atoms with Gasteiger partial charge in [0.25, 0.3) is 0 Å². The van der Waals surface area contributed by atoms with Crippen molar-refractivity contribution in [2.75, 3.05) is 0 Å². The molecular weight excluding hydrogens is 434 g/mol. The van der Waals surface area contributed by atoms with Crippen LogP contribution in [0.1, 0.15) is 11.1 Å². The lowest BCUT2D eigenvalue weighted by Crippen LogP contribution is -2.42. The Bertz CT molecular complexity index is 1290. The summed E-state index contributed by atoms with van der Waals surface area (Å²) in [6, 6.07) is 14.8. The number of fused-ring (bicyclic) bond motifs is 1. The molecule has 0 aliphatic rings. The number of carboxylic acid groups (broad SMARTS) is 1. The zero-order valence-electron chi connectivity index (χ0n) is 17.1. The van der Waals surface area contributed by atoms with Gasteiger partial charge >= 0.3 is 12.1 Å². The van der Waals surface area contributed by atoms with Gasteiger partial charge < -0.3 is 19.6 Å². The summed E-state index contributed by atoms with van der Waals surface area (Å²) in [6.07, 6.45) is -0.932. The van der Waals surface area contributed by atoms with Crippen molar-refractivity contribution >= 4 is 23.2 Å². The zero-order valence-corrected chi connectivity index (χ0v) is 17.1. The lowest BCUT2D eigenvalue weighted by molar-refractivity contribution is -0.139. The third kappa shape index (κ3) is 5.51. The molecule has 1 heterocycles. The van der Waals surface area contributed by atoms with Gasteiger partial charge in [0.15, 0.2) is 5.58 Å². The zero-order chi connectivity index (χ0) is 23.4. The summed E-state index contributed by atoms with van der Waals surface area (Å²) in [5.41, 5.74) is 2.81. The quantitative estimate of drug-likeness (QED) is 0.422. The molecule has 168 valence electrons. The first-order valence-electron chi connectivity index (χ1n) is 9.93. The molecule has 4 rings (SSSR count). The second-order valence-electron chi connectivity index (χ2n) is 7.27. The molecule has 2 N–H and O–H groups in total. The van der Waals surface area contributed by atoms with Crippen LogP contribution in [0.4, 0.5) is 13.6 Å². The molecule has 0 saturated carbocycles. The van der Waals surface area contributed by atoms with E-state index in [1.807, 2.05) is 0 Å². The Labute approximate surface area is 186 Å². The number of aliphatic carboxylic acids is 1. The third-order valence-corrected chi connectivity index (χ3v) is 4.86. The number of hydrogen-bond acceptors (Lipinski definition) is 5. The number of carbonyl (C=O) groups is 2. The van der Waals surface area contributed by atoms with E-state index >= 15 is 0 Å². The Morgan fingerprint density at radius 1 is 0.970 bits per heavy atom. The van der Waals surface area contributed by atoms with Crippen LogP contribution in [0.5, 0.6) is 0 Å². The van der Waals surface area contributed by atoms with E-state index in [4.69, 9.17) is 9.15 Å². The van der Waals surface area contributed by atoms with Crippen molar-refractivity contribution < 1.29 is 32.6 Å². The van der Waals surface area contributed by atoms with Crippen molar-refractivity contribution in [1.82, 2.24) is 10.3 Å². The van der Waals surface area contributed by atoms with Crippen molar-refractivity contribution in [1.29, 1.82) is 0 Å².